The normalized spacial score (nSPS) is 21.5. The number of hydrogen-bond acceptors (Lipinski definition) is 2. The zero-order chi connectivity index (χ0) is 9.54. The molecule has 1 heterocycles. The van der Waals surface area contributed by atoms with Crippen LogP contribution >= 0.6 is 0 Å². The highest BCUT2D eigenvalue weighted by atomic mass is 16.5. The number of hydrogen-bond donors (Lipinski definition) is 1. The van der Waals surface area contributed by atoms with E-state index in [1.54, 1.807) is 0 Å². The van der Waals surface area contributed by atoms with Crippen LogP contribution in [0, 0.1) is 5.92 Å². The van der Waals surface area contributed by atoms with E-state index in [-0.39, 0.29) is 6.10 Å². The number of fused-ring (bicyclic) bond motifs is 1. The molecule has 0 saturated heterocycles. The van der Waals surface area contributed by atoms with Gasteiger partial charge in [0, 0.05) is 6.42 Å². The Kier molecular flexibility index (Phi) is 1.77. The van der Waals surface area contributed by atoms with E-state index in [2.05, 4.69) is 6.07 Å². The lowest BCUT2D eigenvalue weighted by atomic mass is 10.0. The van der Waals surface area contributed by atoms with Gasteiger partial charge in [-0.1, -0.05) is 12.1 Å². The lowest BCUT2D eigenvalue weighted by Gasteiger charge is -2.10. The molecule has 0 amide bonds. The third-order valence-corrected chi connectivity index (χ3v) is 3.13. The van der Waals surface area contributed by atoms with E-state index in [1.165, 1.54) is 18.4 Å². The molecule has 2 nitrogen and oxygen atoms in total. The highest BCUT2D eigenvalue weighted by Gasteiger charge is 2.31. The molecule has 1 atom stereocenters. The minimum absolute atomic E-state index is 0.274. The Morgan fingerprint density at radius 1 is 1.36 bits per heavy atom. The number of ether oxygens (including phenoxy) is 1. The van der Waals surface area contributed by atoms with Gasteiger partial charge in [-0.2, -0.15) is 0 Å². The van der Waals surface area contributed by atoms with Crippen molar-refractivity contribution in [3.63, 3.8) is 0 Å². The number of benzene rings is 1. The van der Waals surface area contributed by atoms with Crippen molar-refractivity contribution >= 4 is 0 Å². The molecule has 1 aromatic carbocycles. The molecule has 1 fully saturated rings. The van der Waals surface area contributed by atoms with E-state index in [0.29, 0.717) is 5.92 Å². The van der Waals surface area contributed by atoms with Gasteiger partial charge in [-0.15, -0.1) is 0 Å². The van der Waals surface area contributed by atoms with E-state index < -0.39 is 0 Å². The van der Waals surface area contributed by atoms with Crippen molar-refractivity contribution in [3.05, 3.63) is 29.3 Å². The molecule has 0 radical (unpaired) electrons. The van der Waals surface area contributed by atoms with Crippen LogP contribution in [0.5, 0.6) is 5.75 Å². The summed E-state index contributed by atoms with van der Waals surface area (Å²) >= 11 is 0. The SMILES string of the molecule is OC(c1ccc2c(c1)OCC2)C1CC1. The maximum atomic E-state index is 9.94. The molecule has 0 spiro atoms. The quantitative estimate of drug-likeness (QED) is 0.773. The van der Waals surface area contributed by atoms with Crippen molar-refractivity contribution in [2.75, 3.05) is 6.61 Å². The van der Waals surface area contributed by atoms with Gasteiger partial charge in [0.05, 0.1) is 12.7 Å². The Bertz CT molecular complexity index is 355. The van der Waals surface area contributed by atoms with E-state index in [4.69, 9.17) is 4.74 Å². The summed E-state index contributed by atoms with van der Waals surface area (Å²) in [6, 6.07) is 6.13. The topological polar surface area (TPSA) is 29.5 Å². The summed E-state index contributed by atoms with van der Waals surface area (Å²) in [6.45, 7) is 0.790. The largest absolute Gasteiger partial charge is 0.493 e. The molecular weight excluding hydrogens is 176 g/mol. The lowest BCUT2D eigenvalue weighted by Crippen LogP contribution is -1.99. The molecule has 0 bridgehead atoms. The maximum Gasteiger partial charge on any atom is 0.122 e. The van der Waals surface area contributed by atoms with Crippen LogP contribution in [-0.2, 0) is 6.42 Å². The zero-order valence-corrected chi connectivity index (χ0v) is 8.07. The summed E-state index contributed by atoms with van der Waals surface area (Å²) in [7, 11) is 0. The molecule has 1 N–H and O–H groups in total. The van der Waals surface area contributed by atoms with Crippen LogP contribution in [0.25, 0.3) is 0 Å². The first-order valence-corrected chi connectivity index (χ1v) is 5.28. The Hall–Kier alpha value is -1.02. The standard InChI is InChI=1S/C12H14O2/c13-12(9-2-3-9)10-4-1-8-5-6-14-11(8)7-10/h1,4,7,9,12-13H,2-3,5-6H2. The number of aliphatic hydroxyl groups is 1. The number of aliphatic hydroxyl groups excluding tert-OH is 1. The van der Waals surface area contributed by atoms with Gasteiger partial charge in [0.2, 0.25) is 0 Å². The van der Waals surface area contributed by atoms with Crippen LogP contribution in [0.2, 0.25) is 0 Å². The minimum atomic E-state index is -0.274. The van der Waals surface area contributed by atoms with Gasteiger partial charge >= 0.3 is 0 Å². The molecule has 1 saturated carbocycles. The van der Waals surface area contributed by atoms with Crippen molar-refractivity contribution < 1.29 is 9.84 Å². The van der Waals surface area contributed by atoms with Crippen molar-refractivity contribution in [1.29, 1.82) is 0 Å². The maximum absolute atomic E-state index is 9.94. The van der Waals surface area contributed by atoms with Gasteiger partial charge in [-0.3, -0.25) is 0 Å². The highest BCUT2D eigenvalue weighted by molar-refractivity contribution is 5.41. The lowest BCUT2D eigenvalue weighted by molar-refractivity contribution is 0.153. The molecule has 3 rings (SSSR count). The van der Waals surface area contributed by atoms with Gasteiger partial charge in [0.15, 0.2) is 0 Å². The molecule has 1 aliphatic heterocycles. The summed E-state index contributed by atoms with van der Waals surface area (Å²) in [6.07, 6.45) is 3.07. The van der Waals surface area contributed by atoms with Gasteiger partial charge in [0.25, 0.3) is 0 Å². The van der Waals surface area contributed by atoms with Crippen LogP contribution in [0.1, 0.15) is 30.1 Å². The molecule has 2 heteroatoms. The third kappa shape index (κ3) is 1.30. The van der Waals surface area contributed by atoms with E-state index >= 15 is 0 Å². The second kappa shape index (κ2) is 2.99. The van der Waals surface area contributed by atoms with E-state index in [0.717, 1.165) is 24.3 Å². The molecule has 14 heavy (non-hydrogen) atoms. The Labute approximate surface area is 83.5 Å². The van der Waals surface area contributed by atoms with E-state index in [9.17, 15) is 5.11 Å². The number of rotatable bonds is 2. The monoisotopic (exact) mass is 190 g/mol. The van der Waals surface area contributed by atoms with E-state index in [1.807, 2.05) is 12.1 Å². The van der Waals surface area contributed by atoms with Gasteiger partial charge in [-0.25, -0.2) is 0 Å². The average molecular weight is 190 g/mol. The minimum Gasteiger partial charge on any atom is -0.493 e. The average Bonchev–Trinajstić information content (AvgIpc) is 2.95. The fourth-order valence-electron chi connectivity index (χ4n) is 2.05. The highest BCUT2D eigenvalue weighted by Crippen LogP contribution is 2.42. The van der Waals surface area contributed by atoms with Crippen LogP contribution in [0.3, 0.4) is 0 Å². The fraction of sp³-hybridized carbons (Fsp3) is 0.500. The Morgan fingerprint density at radius 2 is 2.21 bits per heavy atom. The van der Waals surface area contributed by atoms with Crippen LogP contribution in [-0.4, -0.2) is 11.7 Å². The van der Waals surface area contributed by atoms with Crippen molar-refractivity contribution in [2.45, 2.75) is 25.4 Å². The molecule has 1 aromatic rings. The van der Waals surface area contributed by atoms with Crippen molar-refractivity contribution in [3.8, 4) is 5.75 Å². The second-order valence-electron chi connectivity index (χ2n) is 4.25. The molecule has 74 valence electrons. The van der Waals surface area contributed by atoms with Crippen LogP contribution in [0.15, 0.2) is 18.2 Å². The summed E-state index contributed by atoms with van der Waals surface area (Å²) in [5.41, 5.74) is 2.30. The van der Waals surface area contributed by atoms with Crippen LogP contribution < -0.4 is 4.74 Å². The Morgan fingerprint density at radius 3 is 3.00 bits per heavy atom. The predicted molar refractivity (Wildman–Crippen MR) is 53.3 cm³/mol. The summed E-state index contributed by atoms with van der Waals surface area (Å²) in [5.74, 6) is 1.47. The van der Waals surface area contributed by atoms with Gasteiger partial charge in [-0.05, 0) is 36.0 Å². The summed E-state index contributed by atoms with van der Waals surface area (Å²) < 4.78 is 5.48. The predicted octanol–water partition coefficient (Wildman–Crippen LogP) is 2.06. The fourth-order valence-corrected chi connectivity index (χ4v) is 2.05. The van der Waals surface area contributed by atoms with Crippen molar-refractivity contribution in [2.24, 2.45) is 5.92 Å². The Balaban J connectivity index is 1.91. The summed E-state index contributed by atoms with van der Waals surface area (Å²) in [5, 5.41) is 9.94. The van der Waals surface area contributed by atoms with Crippen LogP contribution in [0.4, 0.5) is 0 Å². The zero-order valence-electron chi connectivity index (χ0n) is 8.07. The second-order valence-corrected chi connectivity index (χ2v) is 4.25. The molecule has 2 aliphatic rings. The first kappa shape index (κ1) is 8.30. The molecule has 0 aromatic heterocycles. The smallest absolute Gasteiger partial charge is 0.122 e. The first-order valence-electron chi connectivity index (χ1n) is 5.28. The molecule has 1 unspecified atom stereocenters. The van der Waals surface area contributed by atoms with Gasteiger partial charge < -0.3 is 9.84 Å². The van der Waals surface area contributed by atoms with Crippen molar-refractivity contribution in [1.82, 2.24) is 0 Å². The molecular formula is C12H14O2. The molecule has 1 aliphatic carbocycles. The third-order valence-electron chi connectivity index (χ3n) is 3.13. The first-order chi connectivity index (χ1) is 6.84. The van der Waals surface area contributed by atoms with Gasteiger partial charge in [0.1, 0.15) is 5.75 Å². The summed E-state index contributed by atoms with van der Waals surface area (Å²) in [4.78, 5) is 0.